The third-order valence-corrected chi connectivity index (χ3v) is 5.93. The van der Waals surface area contributed by atoms with E-state index in [1.54, 1.807) is 23.3 Å². The summed E-state index contributed by atoms with van der Waals surface area (Å²) in [6, 6.07) is 13.0. The summed E-state index contributed by atoms with van der Waals surface area (Å²) in [6.07, 6.45) is 1.55. The van der Waals surface area contributed by atoms with E-state index in [4.69, 9.17) is 9.52 Å². The molecule has 0 radical (unpaired) electrons. The number of aliphatic hydroxyl groups is 1. The van der Waals surface area contributed by atoms with Crippen molar-refractivity contribution in [3.63, 3.8) is 0 Å². The maximum atomic E-state index is 13.2. The fourth-order valence-corrected chi connectivity index (χ4v) is 4.22. The first kappa shape index (κ1) is 18.4. The molecular weight excluding hydrogens is 380 g/mol. The summed E-state index contributed by atoms with van der Waals surface area (Å²) < 4.78 is 5.43. The highest BCUT2D eigenvalue weighted by molar-refractivity contribution is 7.17. The zero-order valence-electron chi connectivity index (χ0n) is 14.9. The minimum atomic E-state index is -1.77. The Balaban J connectivity index is 1.67. The van der Waals surface area contributed by atoms with Gasteiger partial charge in [-0.15, -0.1) is 11.3 Å². The number of hydrogen-bond donors (Lipinski definition) is 2. The fourth-order valence-electron chi connectivity index (χ4n) is 3.20. The SMILES string of the molecule is O=C(c1sc(-c2ccco2)nc1-c1ccccc1)N1CCC(O)(C(=O)O)CC1. The van der Waals surface area contributed by atoms with Gasteiger partial charge in [0.05, 0.1) is 12.0 Å². The van der Waals surface area contributed by atoms with Gasteiger partial charge in [-0.2, -0.15) is 0 Å². The molecule has 8 heteroatoms. The average Bonchev–Trinajstić information content (AvgIpc) is 3.38. The highest BCUT2D eigenvalue weighted by atomic mass is 32.1. The van der Waals surface area contributed by atoms with Crippen molar-refractivity contribution in [1.82, 2.24) is 9.88 Å². The minimum absolute atomic E-state index is 0.00140. The van der Waals surface area contributed by atoms with Crippen LogP contribution in [0.2, 0.25) is 0 Å². The number of carbonyl (C=O) groups is 2. The predicted molar refractivity (Wildman–Crippen MR) is 103 cm³/mol. The number of carboxylic acids is 1. The number of carboxylic acid groups (broad SMARTS) is 1. The van der Waals surface area contributed by atoms with E-state index in [0.29, 0.717) is 21.3 Å². The number of amides is 1. The Labute approximate surface area is 164 Å². The van der Waals surface area contributed by atoms with E-state index in [9.17, 15) is 14.7 Å². The molecule has 3 heterocycles. The second kappa shape index (κ2) is 7.21. The van der Waals surface area contributed by atoms with Crippen LogP contribution in [-0.2, 0) is 4.79 Å². The smallest absolute Gasteiger partial charge is 0.335 e. The standard InChI is InChI=1S/C20H18N2O5S/c23-18(22-10-8-20(26,9-11-22)19(24)25)16-15(13-5-2-1-3-6-13)21-17(28-16)14-7-4-12-27-14/h1-7,12,26H,8-11H2,(H,24,25). The van der Waals surface area contributed by atoms with E-state index in [-0.39, 0.29) is 31.8 Å². The van der Waals surface area contributed by atoms with Gasteiger partial charge in [0.1, 0.15) is 4.88 Å². The van der Waals surface area contributed by atoms with Crippen molar-refractivity contribution in [2.75, 3.05) is 13.1 Å². The van der Waals surface area contributed by atoms with Gasteiger partial charge in [0.25, 0.3) is 5.91 Å². The van der Waals surface area contributed by atoms with E-state index >= 15 is 0 Å². The highest BCUT2D eigenvalue weighted by Crippen LogP contribution is 2.35. The van der Waals surface area contributed by atoms with Gasteiger partial charge in [-0.1, -0.05) is 30.3 Å². The zero-order chi connectivity index (χ0) is 19.7. The summed E-state index contributed by atoms with van der Waals surface area (Å²) in [5, 5.41) is 19.9. The molecule has 0 bridgehead atoms. The molecule has 2 aromatic heterocycles. The lowest BCUT2D eigenvalue weighted by Gasteiger charge is -2.35. The van der Waals surface area contributed by atoms with Crippen LogP contribution in [0.5, 0.6) is 0 Å². The number of rotatable bonds is 4. The first-order valence-corrected chi connectivity index (χ1v) is 9.65. The molecule has 1 amide bonds. The van der Waals surface area contributed by atoms with Crippen LogP contribution in [0, 0.1) is 0 Å². The molecule has 1 aromatic carbocycles. The summed E-state index contributed by atoms with van der Waals surface area (Å²) in [5.74, 6) is -0.885. The number of furan rings is 1. The summed E-state index contributed by atoms with van der Waals surface area (Å²) >= 11 is 1.25. The molecule has 0 atom stereocenters. The molecule has 4 rings (SSSR count). The number of carbonyl (C=O) groups excluding carboxylic acids is 1. The highest BCUT2D eigenvalue weighted by Gasteiger charge is 2.41. The average molecular weight is 398 g/mol. The van der Waals surface area contributed by atoms with Crippen LogP contribution in [0.3, 0.4) is 0 Å². The number of nitrogens with zero attached hydrogens (tertiary/aromatic N) is 2. The molecule has 3 aromatic rings. The Kier molecular flexibility index (Phi) is 4.74. The van der Waals surface area contributed by atoms with Gasteiger partial charge >= 0.3 is 5.97 Å². The summed E-state index contributed by atoms with van der Waals surface area (Å²) in [4.78, 5) is 31.1. The molecule has 7 nitrogen and oxygen atoms in total. The number of benzene rings is 1. The van der Waals surface area contributed by atoms with Crippen molar-refractivity contribution in [3.05, 3.63) is 53.6 Å². The van der Waals surface area contributed by atoms with Crippen LogP contribution in [0.1, 0.15) is 22.5 Å². The van der Waals surface area contributed by atoms with Gasteiger partial charge in [0.15, 0.2) is 16.4 Å². The Bertz CT molecular complexity index is 989. The van der Waals surface area contributed by atoms with Crippen LogP contribution in [0.15, 0.2) is 53.1 Å². The number of hydrogen-bond acceptors (Lipinski definition) is 6. The summed E-state index contributed by atoms with van der Waals surface area (Å²) in [5.41, 5.74) is -0.383. The molecule has 28 heavy (non-hydrogen) atoms. The lowest BCUT2D eigenvalue weighted by molar-refractivity contribution is -0.162. The molecule has 1 aliphatic rings. The van der Waals surface area contributed by atoms with E-state index < -0.39 is 11.6 Å². The monoisotopic (exact) mass is 398 g/mol. The van der Waals surface area contributed by atoms with Crippen molar-refractivity contribution < 1.29 is 24.2 Å². The van der Waals surface area contributed by atoms with E-state index in [1.165, 1.54) is 11.3 Å². The van der Waals surface area contributed by atoms with Gasteiger partial charge in [-0.05, 0) is 12.1 Å². The minimum Gasteiger partial charge on any atom is -0.479 e. The maximum absolute atomic E-state index is 13.2. The maximum Gasteiger partial charge on any atom is 0.335 e. The number of aromatic nitrogens is 1. The second-order valence-electron chi connectivity index (χ2n) is 6.67. The number of likely N-dealkylation sites (tertiary alicyclic amines) is 1. The first-order chi connectivity index (χ1) is 13.5. The second-order valence-corrected chi connectivity index (χ2v) is 7.67. The Morgan fingerprint density at radius 1 is 1.11 bits per heavy atom. The molecule has 1 fully saturated rings. The normalized spacial score (nSPS) is 16.1. The molecule has 0 spiro atoms. The number of piperidine rings is 1. The van der Waals surface area contributed by atoms with Crippen molar-refractivity contribution in [2.24, 2.45) is 0 Å². The van der Waals surface area contributed by atoms with Crippen LogP contribution >= 0.6 is 11.3 Å². The van der Waals surface area contributed by atoms with Gasteiger partial charge in [-0.3, -0.25) is 4.79 Å². The first-order valence-electron chi connectivity index (χ1n) is 8.83. The molecule has 0 aliphatic carbocycles. The summed E-state index contributed by atoms with van der Waals surface area (Å²) in [7, 11) is 0. The van der Waals surface area contributed by atoms with Crippen molar-refractivity contribution in [2.45, 2.75) is 18.4 Å². The Morgan fingerprint density at radius 3 is 2.43 bits per heavy atom. The molecule has 0 unspecified atom stereocenters. The van der Waals surface area contributed by atoms with Crippen molar-refractivity contribution >= 4 is 23.2 Å². The van der Waals surface area contributed by atoms with Crippen molar-refractivity contribution in [3.8, 4) is 22.0 Å². The third kappa shape index (κ3) is 3.32. The Morgan fingerprint density at radius 2 is 1.82 bits per heavy atom. The van der Waals surface area contributed by atoms with Crippen LogP contribution in [0.4, 0.5) is 0 Å². The number of thiazole rings is 1. The van der Waals surface area contributed by atoms with Gasteiger partial charge in [0.2, 0.25) is 0 Å². The topological polar surface area (TPSA) is 104 Å². The molecule has 1 saturated heterocycles. The van der Waals surface area contributed by atoms with E-state index in [0.717, 1.165) is 5.56 Å². The molecule has 2 N–H and O–H groups in total. The Hall–Kier alpha value is -2.97. The lowest BCUT2D eigenvalue weighted by Crippen LogP contribution is -2.50. The fraction of sp³-hybridized carbons (Fsp3) is 0.250. The van der Waals surface area contributed by atoms with Gasteiger partial charge in [0, 0.05) is 31.5 Å². The van der Waals surface area contributed by atoms with Crippen LogP contribution < -0.4 is 0 Å². The van der Waals surface area contributed by atoms with E-state index in [1.807, 2.05) is 30.3 Å². The summed E-state index contributed by atoms with van der Waals surface area (Å²) in [6.45, 7) is 0.341. The zero-order valence-corrected chi connectivity index (χ0v) is 15.7. The molecule has 1 aliphatic heterocycles. The largest absolute Gasteiger partial charge is 0.479 e. The van der Waals surface area contributed by atoms with Gasteiger partial charge < -0.3 is 19.5 Å². The third-order valence-electron chi connectivity index (χ3n) is 4.88. The molecule has 144 valence electrons. The van der Waals surface area contributed by atoms with Crippen LogP contribution in [0.25, 0.3) is 22.0 Å². The molecular formula is C20H18N2O5S. The van der Waals surface area contributed by atoms with Crippen molar-refractivity contribution in [1.29, 1.82) is 0 Å². The van der Waals surface area contributed by atoms with Crippen LogP contribution in [-0.4, -0.2) is 50.7 Å². The van der Waals surface area contributed by atoms with Gasteiger partial charge in [-0.25, -0.2) is 9.78 Å². The number of aliphatic carboxylic acids is 1. The quantitative estimate of drug-likeness (QED) is 0.700. The lowest BCUT2D eigenvalue weighted by atomic mass is 9.91. The predicted octanol–water partition coefficient (Wildman–Crippen LogP) is 3.12. The molecule has 0 saturated carbocycles. The van der Waals surface area contributed by atoms with E-state index in [2.05, 4.69) is 4.98 Å².